The van der Waals surface area contributed by atoms with Crippen LogP contribution in [0.1, 0.15) is 38.5 Å². The molecule has 2 atom stereocenters. The van der Waals surface area contributed by atoms with Gasteiger partial charge in [-0.2, -0.15) is 4.98 Å². The average molecular weight is 461 g/mol. The first-order valence-corrected chi connectivity index (χ1v) is 11.8. The van der Waals surface area contributed by atoms with Crippen molar-refractivity contribution in [1.29, 1.82) is 0 Å². The molecule has 2 N–H and O–H groups in total. The van der Waals surface area contributed by atoms with E-state index in [-0.39, 0.29) is 17.3 Å². The van der Waals surface area contributed by atoms with Gasteiger partial charge in [0.05, 0.1) is 28.5 Å². The second-order valence-electron chi connectivity index (χ2n) is 10.6. The van der Waals surface area contributed by atoms with Gasteiger partial charge in [0.2, 0.25) is 5.95 Å². The monoisotopic (exact) mass is 460 g/mol. The SMILES string of the molecule is Cn1c(=O)n(C23CC4CC(CC(O)(C4)C2)C3)c2nc(Nc3cc4cccnc4cc3F)ncc21. The maximum atomic E-state index is 14.8. The number of rotatable bonds is 3. The Kier molecular flexibility index (Phi) is 3.91. The number of halogens is 1. The van der Waals surface area contributed by atoms with E-state index in [4.69, 9.17) is 4.98 Å². The van der Waals surface area contributed by atoms with Crippen LogP contribution < -0.4 is 11.0 Å². The van der Waals surface area contributed by atoms with E-state index in [9.17, 15) is 14.3 Å². The molecule has 0 aliphatic heterocycles. The normalized spacial score (nSPS) is 29.9. The van der Waals surface area contributed by atoms with Gasteiger partial charge in [-0.1, -0.05) is 6.07 Å². The van der Waals surface area contributed by atoms with Crippen LogP contribution in [0.4, 0.5) is 16.0 Å². The summed E-state index contributed by atoms with van der Waals surface area (Å²) >= 11 is 0. The van der Waals surface area contributed by atoms with Crippen molar-refractivity contribution in [2.24, 2.45) is 18.9 Å². The Morgan fingerprint density at radius 2 is 1.97 bits per heavy atom. The van der Waals surface area contributed by atoms with Gasteiger partial charge in [-0.3, -0.25) is 14.1 Å². The van der Waals surface area contributed by atoms with E-state index in [0.717, 1.165) is 37.5 Å². The summed E-state index contributed by atoms with van der Waals surface area (Å²) in [6.45, 7) is 0. The number of aromatic nitrogens is 5. The predicted octanol–water partition coefficient (Wildman–Crippen LogP) is 3.60. The number of anilines is 2. The van der Waals surface area contributed by atoms with Crippen LogP contribution >= 0.6 is 0 Å². The van der Waals surface area contributed by atoms with Gasteiger partial charge in [0.25, 0.3) is 0 Å². The molecule has 3 aromatic heterocycles. The number of nitrogens with one attached hydrogen (secondary N) is 1. The molecule has 4 aliphatic carbocycles. The standard InChI is InChI=1S/C25H25FN6O2/c1-31-20-12-28-22(29-19-6-16-3-2-4-27-18(16)7-17(19)26)30-21(20)32(23(31)33)24-8-14-5-15(9-24)11-25(34,10-14)13-24/h2-4,6-7,12,14-15,34H,5,8-11,13H2,1H3,(H,28,29,30). The number of benzene rings is 1. The molecular weight excluding hydrogens is 435 g/mol. The lowest BCUT2D eigenvalue weighted by Crippen LogP contribution is -2.61. The Morgan fingerprint density at radius 3 is 2.74 bits per heavy atom. The summed E-state index contributed by atoms with van der Waals surface area (Å²) in [6.07, 6.45) is 8.34. The molecule has 0 radical (unpaired) electrons. The van der Waals surface area contributed by atoms with Gasteiger partial charge in [-0.25, -0.2) is 14.2 Å². The zero-order valence-corrected chi connectivity index (χ0v) is 18.8. The van der Waals surface area contributed by atoms with Crippen molar-refractivity contribution in [2.75, 3.05) is 5.32 Å². The van der Waals surface area contributed by atoms with Crippen molar-refractivity contribution in [3.8, 4) is 0 Å². The van der Waals surface area contributed by atoms with Crippen LogP contribution in [0.15, 0.2) is 41.5 Å². The fourth-order valence-electron chi connectivity index (χ4n) is 7.34. The maximum absolute atomic E-state index is 14.8. The first-order chi connectivity index (χ1) is 16.3. The first-order valence-electron chi connectivity index (χ1n) is 11.8. The molecule has 174 valence electrons. The topological polar surface area (TPSA) is 97.9 Å². The first kappa shape index (κ1) is 20.1. The van der Waals surface area contributed by atoms with Gasteiger partial charge in [0.15, 0.2) is 5.65 Å². The lowest BCUT2D eigenvalue weighted by molar-refractivity contribution is -0.156. The highest BCUT2D eigenvalue weighted by molar-refractivity contribution is 5.83. The van der Waals surface area contributed by atoms with Gasteiger partial charge in [0, 0.05) is 24.7 Å². The molecule has 8 nitrogen and oxygen atoms in total. The maximum Gasteiger partial charge on any atom is 0.330 e. The van der Waals surface area contributed by atoms with Gasteiger partial charge in [0.1, 0.15) is 11.3 Å². The number of fused-ring (bicyclic) bond motifs is 2. The van der Waals surface area contributed by atoms with Crippen LogP contribution in [0, 0.1) is 17.7 Å². The zero-order valence-electron chi connectivity index (χ0n) is 18.8. The number of nitrogens with zero attached hydrogens (tertiary/aromatic N) is 5. The second-order valence-corrected chi connectivity index (χ2v) is 10.6. The summed E-state index contributed by atoms with van der Waals surface area (Å²) in [5, 5.41) is 15.0. The predicted molar refractivity (Wildman–Crippen MR) is 125 cm³/mol. The minimum Gasteiger partial charge on any atom is -0.390 e. The van der Waals surface area contributed by atoms with E-state index < -0.39 is 17.0 Å². The Hall–Kier alpha value is -3.33. The number of hydrogen-bond acceptors (Lipinski definition) is 6. The Morgan fingerprint density at radius 1 is 1.18 bits per heavy atom. The minimum atomic E-state index is -0.706. The van der Waals surface area contributed by atoms with Crippen LogP contribution in [0.5, 0.6) is 0 Å². The fraction of sp³-hybridized carbons (Fsp3) is 0.440. The third-order valence-electron chi connectivity index (χ3n) is 8.21. The number of aliphatic hydroxyl groups is 1. The van der Waals surface area contributed by atoms with Crippen LogP contribution in [0.25, 0.3) is 22.1 Å². The molecule has 9 heteroatoms. The fourth-order valence-corrected chi connectivity index (χ4v) is 7.34. The largest absolute Gasteiger partial charge is 0.390 e. The van der Waals surface area contributed by atoms with Crippen molar-refractivity contribution >= 4 is 33.7 Å². The van der Waals surface area contributed by atoms with E-state index in [2.05, 4.69) is 15.3 Å². The van der Waals surface area contributed by atoms with Crippen molar-refractivity contribution in [3.05, 3.63) is 53.0 Å². The molecule has 0 saturated heterocycles. The summed E-state index contributed by atoms with van der Waals surface area (Å²) in [4.78, 5) is 26.7. The molecular formula is C25H25FN6O2. The van der Waals surface area contributed by atoms with Gasteiger partial charge >= 0.3 is 5.69 Å². The summed E-state index contributed by atoms with van der Waals surface area (Å²) in [6, 6.07) is 6.72. The smallest absolute Gasteiger partial charge is 0.330 e. The number of pyridine rings is 1. The number of hydrogen-bond donors (Lipinski definition) is 2. The Labute approximate surface area is 194 Å². The third kappa shape index (κ3) is 2.79. The highest BCUT2D eigenvalue weighted by Gasteiger charge is 2.59. The van der Waals surface area contributed by atoms with E-state index in [0.29, 0.717) is 34.9 Å². The molecule has 4 fully saturated rings. The van der Waals surface area contributed by atoms with E-state index in [1.165, 1.54) is 6.07 Å². The molecule has 0 spiro atoms. The summed E-state index contributed by atoms with van der Waals surface area (Å²) in [5.41, 5.74) is 0.672. The van der Waals surface area contributed by atoms with Crippen LogP contribution in [-0.2, 0) is 12.6 Å². The molecule has 1 aromatic carbocycles. The van der Waals surface area contributed by atoms with Crippen LogP contribution in [0.3, 0.4) is 0 Å². The molecule has 34 heavy (non-hydrogen) atoms. The molecule has 2 unspecified atom stereocenters. The van der Waals surface area contributed by atoms with E-state index in [1.807, 2.05) is 6.07 Å². The average Bonchev–Trinajstić information content (AvgIpc) is 3.03. The van der Waals surface area contributed by atoms with Gasteiger partial charge < -0.3 is 10.4 Å². The van der Waals surface area contributed by atoms with Gasteiger partial charge in [-0.15, -0.1) is 0 Å². The van der Waals surface area contributed by atoms with Gasteiger partial charge in [-0.05, 0) is 62.5 Å². The molecule has 4 saturated carbocycles. The summed E-state index contributed by atoms with van der Waals surface area (Å²) in [5.74, 6) is 0.613. The number of imidazole rings is 1. The molecule has 0 amide bonds. The molecule has 4 aliphatic rings. The Bertz CT molecular complexity index is 1530. The zero-order chi connectivity index (χ0) is 23.2. The van der Waals surface area contributed by atoms with Crippen molar-refractivity contribution in [3.63, 3.8) is 0 Å². The summed E-state index contributed by atoms with van der Waals surface area (Å²) in [7, 11) is 1.73. The van der Waals surface area contributed by atoms with Crippen molar-refractivity contribution in [1.82, 2.24) is 24.1 Å². The summed E-state index contributed by atoms with van der Waals surface area (Å²) < 4.78 is 18.1. The molecule has 3 heterocycles. The lowest BCUT2D eigenvalue weighted by Gasteiger charge is -2.60. The molecule has 4 bridgehead atoms. The second kappa shape index (κ2) is 6.63. The van der Waals surface area contributed by atoms with Crippen molar-refractivity contribution < 1.29 is 9.50 Å². The van der Waals surface area contributed by atoms with Crippen molar-refractivity contribution in [2.45, 2.75) is 49.7 Å². The van der Waals surface area contributed by atoms with E-state index in [1.54, 1.807) is 40.7 Å². The quantitative estimate of drug-likeness (QED) is 0.485. The molecule has 4 aromatic rings. The minimum absolute atomic E-state index is 0.144. The molecule has 8 rings (SSSR count). The lowest BCUT2D eigenvalue weighted by atomic mass is 9.51. The number of aryl methyl sites for hydroxylation is 1. The van der Waals surface area contributed by atoms with E-state index >= 15 is 0 Å². The van der Waals surface area contributed by atoms with Crippen LogP contribution in [-0.4, -0.2) is 34.8 Å². The van der Waals surface area contributed by atoms with Crippen LogP contribution in [0.2, 0.25) is 0 Å². The highest BCUT2D eigenvalue weighted by Crippen LogP contribution is 2.60. The highest BCUT2D eigenvalue weighted by atomic mass is 19.1. The Balaban J connectivity index is 1.35. The third-order valence-corrected chi connectivity index (χ3v) is 8.21.